The maximum atomic E-state index is 12.1. The molecule has 0 fully saturated rings. The zero-order valence-corrected chi connectivity index (χ0v) is 15.5. The third-order valence-corrected chi connectivity index (χ3v) is 4.26. The van der Waals surface area contributed by atoms with Gasteiger partial charge >= 0.3 is 0 Å². The zero-order chi connectivity index (χ0) is 19.2. The Balaban J connectivity index is 1.50. The van der Waals surface area contributed by atoms with Crippen LogP contribution in [0.2, 0.25) is 5.02 Å². The van der Waals surface area contributed by atoms with Crippen LogP contribution in [0, 0.1) is 0 Å². The summed E-state index contributed by atoms with van der Waals surface area (Å²) in [4.78, 5) is 24.1. The molecule has 5 nitrogen and oxygen atoms in total. The fourth-order valence-corrected chi connectivity index (χ4v) is 2.69. The van der Waals surface area contributed by atoms with Crippen molar-refractivity contribution >= 4 is 34.2 Å². The summed E-state index contributed by atoms with van der Waals surface area (Å²) in [5, 5.41) is 2.72. The number of amides is 2. The van der Waals surface area contributed by atoms with E-state index in [0.29, 0.717) is 10.8 Å². The number of halogens is 1. The minimum Gasteiger partial charge on any atom is -0.481 e. The molecule has 0 radical (unpaired) electrons. The summed E-state index contributed by atoms with van der Waals surface area (Å²) in [6.07, 6.45) is -0.626. The van der Waals surface area contributed by atoms with E-state index >= 15 is 0 Å². The van der Waals surface area contributed by atoms with Crippen LogP contribution in [-0.2, 0) is 16.0 Å². The van der Waals surface area contributed by atoms with E-state index in [1.54, 1.807) is 31.2 Å². The van der Waals surface area contributed by atoms with E-state index in [-0.39, 0.29) is 12.3 Å². The van der Waals surface area contributed by atoms with Crippen LogP contribution in [-0.4, -0.2) is 17.9 Å². The highest BCUT2D eigenvalue weighted by Crippen LogP contribution is 2.21. The molecule has 0 saturated carbocycles. The lowest BCUT2D eigenvalue weighted by molar-refractivity contribution is -0.132. The van der Waals surface area contributed by atoms with Gasteiger partial charge in [0.15, 0.2) is 6.10 Å². The van der Waals surface area contributed by atoms with Gasteiger partial charge in [0, 0.05) is 5.02 Å². The van der Waals surface area contributed by atoms with E-state index in [4.69, 9.17) is 16.3 Å². The van der Waals surface area contributed by atoms with Gasteiger partial charge in [0.1, 0.15) is 5.75 Å². The van der Waals surface area contributed by atoms with Gasteiger partial charge in [-0.3, -0.25) is 20.4 Å². The van der Waals surface area contributed by atoms with Crippen LogP contribution in [0.15, 0.2) is 66.7 Å². The Labute approximate surface area is 162 Å². The Hall–Kier alpha value is -3.05. The van der Waals surface area contributed by atoms with Crippen molar-refractivity contribution in [3.05, 3.63) is 77.3 Å². The first-order valence-electron chi connectivity index (χ1n) is 8.50. The minimum absolute atomic E-state index is 0.136. The predicted molar refractivity (Wildman–Crippen MR) is 105 cm³/mol. The fourth-order valence-electron chi connectivity index (χ4n) is 2.56. The van der Waals surface area contributed by atoms with Crippen molar-refractivity contribution in [3.63, 3.8) is 0 Å². The van der Waals surface area contributed by atoms with Crippen molar-refractivity contribution in [2.45, 2.75) is 19.4 Å². The molecule has 1 unspecified atom stereocenters. The SMILES string of the molecule is CC(Oc1ccc2ccccc2c1)C(=O)NNC(=O)Cc1ccc(Cl)cc1. The molecule has 1 atom stereocenters. The van der Waals surface area contributed by atoms with Gasteiger partial charge in [-0.15, -0.1) is 0 Å². The highest BCUT2D eigenvalue weighted by molar-refractivity contribution is 6.30. The summed E-state index contributed by atoms with van der Waals surface area (Å²) in [5.41, 5.74) is 5.57. The Bertz CT molecular complexity index is 957. The molecular formula is C21H19ClN2O3. The molecule has 3 aromatic rings. The normalized spacial score (nSPS) is 11.6. The van der Waals surface area contributed by atoms with Gasteiger partial charge in [0.25, 0.3) is 5.91 Å². The number of ether oxygens (including phenoxy) is 1. The van der Waals surface area contributed by atoms with Crippen LogP contribution in [0.4, 0.5) is 0 Å². The molecule has 3 rings (SSSR count). The van der Waals surface area contributed by atoms with E-state index in [2.05, 4.69) is 10.9 Å². The van der Waals surface area contributed by atoms with Crippen molar-refractivity contribution in [1.82, 2.24) is 10.9 Å². The van der Waals surface area contributed by atoms with Gasteiger partial charge in [-0.25, -0.2) is 0 Å². The van der Waals surface area contributed by atoms with E-state index in [1.807, 2.05) is 42.5 Å². The van der Waals surface area contributed by atoms with Gasteiger partial charge in [-0.05, 0) is 47.5 Å². The lowest BCUT2D eigenvalue weighted by Gasteiger charge is -2.15. The molecule has 6 heteroatoms. The summed E-state index contributed by atoms with van der Waals surface area (Å²) in [5.74, 6) is -0.181. The minimum atomic E-state index is -0.762. The Morgan fingerprint density at radius 3 is 2.41 bits per heavy atom. The van der Waals surface area contributed by atoms with Crippen molar-refractivity contribution in [3.8, 4) is 5.75 Å². The Morgan fingerprint density at radius 1 is 0.963 bits per heavy atom. The highest BCUT2D eigenvalue weighted by atomic mass is 35.5. The number of hydrazine groups is 1. The second-order valence-corrected chi connectivity index (χ2v) is 6.55. The van der Waals surface area contributed by atoms with Crippen LogP contribution < -0.4 is 15.6 Å². The molecule has 2 N–H and O–H groups in total. The van der Waals surface area contributed by atoms with Gasteiger partial charge < -0.3 is 4.74 Å². The largest absolute Gasteiger partial charge is 0.481 e. The first-order chi connectivity index (χ1) is 13.0. The molecule has 0 bridgehead atoms. The molecule has 0 aromatic heterocycles. The number of benzene rings is 3. The van der Waals surface area contributed by atoms with Gasteiger partial charge in [-0.2, -0.15) is 0 Å². The lowest BCUT2D eigenvalue weighted by atomic mass is 10.1. The predicted octanol–water partition coefficient (Wildman–Crippen LogP) is 3.65. The molecular weight excluding hydrogens is 364 g/mol. The number of hydrogen-bond acceptors (Lipinski definition) is 3. The maximum absolute atomic E-state index is 12.1. The summed E-state index contributed by atoms with van der Waals surface area (Å²) >= 11 is 5.81. The van der Waals surface area contributed by atoms with Crippen LogP contribution in [0.3, 0.4) is 0 Å². The third-order valence-electron chi connectivity index (χ3n) is 4.01. The fraction of sp³-hybridized carbons (Fsp3) is 0.143. The van der Waals surface area contributed by atoms with Gasteiger partial charge in [0.05, 0.1) is 6.42 Å². The van der Waals surface area contributed by atoms with Crippen LogP contribution in [0.25, 0.3) is 10.8 Å². The van der Waals surface area contributed by atoms with E-state index in [1.165, 1.54) is 0 Å². The molecule has 0 aliphatic heterocycles. The van der Waals surface area contributed by atoms with Crippen LogP contribution in [0.1, 0.15) is 12.5 Å². The number of carbonyl (C=O) groups is 2. The van der Waals surface area contributed by atoms with Crippen molar-refractivity contribution < 1.29 is 14.3 Å². The summed E-state index contributed by atoms with van der Waals surface area (Å²) in [7, 11) is 0. The summed E-state index contributed by atoms with van der Waals surface area (Å²) < 4.78 is 5.67. The first kappa shape index (κ1) is 18.7. The molecule has 0 aliphatic carbocycles. The highest BCUT2D eigenvalue weighted by Gasteiger charge is 2.15. The molecule has 0 spiro atoms. The number of fused-ring (bicyclic) bond motifs is 1. The summed E-state index contributed by atoms with van der Waals surface area (Å²) in [6, 6.07) is 20.4. The third kappa shape index (κ3) is 5.21. The van der Waals surface area contributed by atoms with E-state index in [9.17, 15) is 9.59 Å². The second kappa shape index (κ2) is 8.56. The average molecular weight is 383 g/mol. The quantitative estimate of drug-likeness (QED) is 0.662. The van der Waals surface area contributed by atoms with Crippen molar-refractivity contribution in [2.24, 2.45) is 0 Å². The molecule has 0 saturated heterocycles. The molecule has 0 heterocycles. The zero-order valence-electron chi connectivity index (χ0n) is 14.7. The van der Waals surface area contributed by atoms with Gasteiger partial charge in [-0.1, -0.05) is 54.1 Å². The molecule has 2 amide bonds. The van der Waals surface area contributed by atoms with Crippen molar-refractivity contribution in [2.75, 3.05) is 0 Å². The molecule has 27 heavy (non-hydrogen) atoms. The number of rotatable bonds is 5. The smallest absolute Gasteiger partial charge is 0.279 e. The molecule has 0 aliphatic rings. The van der Waals surface area contributed by atoms with Crippen LogP contribution in [0.5, 0.6) is 5.75 Å². The Kier molecular flexibility index (Phi) is 5.94. The molecule has 138 valence electrons. The number of nitrogens with one attached hydrogen (secondary N) is 2. The average Bonchev–Trinajstić information content (AvgIpc) is 2.67. The van der Waals surface area contributed by atoms with E-state index < -0.39 is 12.0 Å². The standard InChI is InChI=1S/C21H19ClN2O3/c1-14(27-19-11-8-16-4-2-3-5-17(16)13-19)21(26)24-23-20(25)12-15-6-9-18(22)10-7-15/h2-11,13-14H,12H2,1H3,(H,23,25)(H,24,26). The molecule has 3 aromatic carbocycles. The van der Waals surface area contributed by atoms with Gasteiger partial charge in [0.2, 0.25) is 5.91 Å². The monoisotopic (exact) mass is 382 g/mol. The van der Waals surface area contributed by atoms with Crippen LogP contribution >= 0.6 is 11.6 Å². The van der Waals surface area contributed by atoms with E-state index in [0.717, 1.165) is 16.3 Å². The maximum Gasteiger partial charge on any atom is 0.279 e. The summed E-state index contributed by atoms with van der Waals surface area (Å²) in [6.45, 7) is 1.62. The van der Waals surface area contributed by atoms with Crippen molar-refractivity contribution in [1.29, 1.82) is 0 Å². The topological polar surface area (TPSA) is 67.4 Å². The Morgan fingerprint density at radius 2 is 1.67 bits per heavy atom. The lowest BCUT2D eigenvalue weighted by Crippen LogP contribution is -2.47. The first-order valence-corrected chi connectivity index (χ1v) is 8.87. The number of carbonyl (C=O) groups excluding carboxylic acids is 2. The number of hydrogen-bond donors (Lipinski definition) is 2. The second-order valence-electron chi connectivity index (χ2n) is 6.11.